The summed E-state index contributed by atoms with van der Waals surface area (Å²) in [4.78, 5) is 25.2. The Bertz CT molecular complexity index is 967. The molecule has 27 heavy (non-hydrogen) atoms. The molecule has 0 radical (unpaired) electrons. The SMILES string of the molecule is O=C(O)c1cccc(S(=O)(=O)Nc2ccccc2C(=O)N2CCOCC2)c1. The van der Waals surface area contributed by atoms with Gasteiger partial charge >= 0.3 is 5.97 Å². The molecule has 9 heteroatoms. The van der Waals surface area contributed by atoms with E-state index in [4.69, 9.17) is 9.84 Å². The number of morpholine rings is 1. The van der Waals surface area contributed by atoms with Gasteiger partial charge in [-0.3, -0.25) is 9.52 Å². The molecule has 0 aliphatic carbocycles. The monoisotopic (exact) mass is 390 g/mol. The van der Waals surface area contributed by atoms with E-state index in [1.165, 1.54) is 24.3 Å². The quantitative estimate of drug-likeness (QED) is 0.803. The molecule has 1 aliphatic rings. The standard InChI is InChI=1S/C18H18N2O6S/c21-17(20-8-10-26-11-9-20)15-6-1-2-7-16(15)19-27(24,25)14-5-3-4-13(12-14)18(22)23/h1-7,12,19H,8-11H2,(H,22,23). The third-order valence-electron chi connectivity index (χ3n) is 4.09. The van der Waals surface area contributed by atoms with Gasteiger partial charge in [-0.25, -0.2) is 13.2 Å². The molecule has 1 saturated heterocycles. The maximum Gasteiger partial charge on any atom is 0.335 e. The van der Waals surface area contributed by atoms with Crippen molar-refractivity contribution in [3.05, 3.63) is 59.7 Å². The molecule has 2 N–H and O–H groups in total. The summed E-state index contributed by atoms with van der Waals surface area (Å²) in [6.45, 7) is 1.73. The summed E-state index contributed by atoms with van der Waals surface area (Å²) in [5.41, 5.74) is 0.211. The van der Waals surface area contributed by atoms with E-state index in [1.54, 1.807) is 23.1 Å². The van der Waals surface area contributed by atoms with Crippen molar-refractivity contribution in [1.29, 1.82) is 0 Å². The Morgan fingerprint density at radius 1 is 1.04 bits per heavy atom. The zero-order valence-electron chi connectivity index (χ0n) is 14.3. The molecule has 0 unspecified atom stereocenters. The largest absolute Gasteiger partial charge is 0.478 e. The van der Waals surface area contributed by atoms with Crippen molar-refractivity contribution in [2.75, 3.05) is 31.0 Å². The molecule has 1 fully saturated rings. The fourth-order valence-corrected chi connectivity index (χ4v) is 3.82. The van der Waals surface area contributed by atoms with Crippen LogP contribution in [0.3, 0.4) is 0 Å². The minimum Gasteiger partial charge on any atom is -0.478 e. The molecule has 0 bridgehead atoms. The van der Waals surface area contributed by atoms with Crippen LogP contribution in [0.1, 0.15) is 20.7 Å². The average Bonchev–Trinajstić information content (AvgIpc) is 2.68. The Morgan fingerprint density at radius 3 is 2.44 bits per heavy atom. The molecular weight excluding hydrogens is 372 g/mol. The molecule has 1 amide bonds. The van der Waals surface area contributed by atoms with E-state index in [-0.39, 0.29) is 27.6 Å². The predicted molar refractivity (Wildman–Crippen MR) is 97.4 cm³/mol. The zero-order chi connectivity index (χ0) is 19.4. The lowest BCUT2D eigenvalue weighted by molar-refractivity contribution is 0.0303. The highest BCUT2D eigenvalue weighted by Crippen LogP contribution is 2.22. The van der Waals surface area contributed by atoms with Gasteiger partial charge in [0.15, 0.2) is 0 Å². The van der Waals surface area contributed by atoms with Crippen LogP contribution in [0.2, 0.25) is 0 Å². The van der Waals surface area contributed by atoms with Gasteiger partial charge < -0.3 is 14.7 Å². The van der Waals surface area contributed by atoms with Gasteiger partial charge in [-0.1, -0.05) is 18.2 Å². The molecule has 1 aliphatic heterocycles. The fourth-order valence-electron chi connectivity index (χ4n) is 2.70. The number of hydrogen-bond donors (Lipinski definition) is 2. The number of benzene rings is 2. The van der Waals surface area contributed by atoms with Crippen LogP contribution in [0.4, 0.5) is 5.69 Å². The van der Waals surface area contributed by atoms with Gasteiger partial charge in [0.2, 0.25) is 0 Å². The topological polar surface area (TPSA) is 113 Å². The molecule has 0 aromatic heterocycles. The number of carboxylic acids is 1. The second kappa shape index (κ2) is 7.77. The number of sulfonamides is 1. The van der Waals surface area contributed by atoms with Gasteiger partial charge in [0, 0.05) is 13.1 Å². The van der Waals surface area contributed by atoms with Crippen molar-refractivity contribution < 1.29 is 27.9 Å². The van der Waals surface area contributed by atoms with Crippen LogP contribution in [-0.4, -0.2) is 56.6 Å². The van der Waals surface area contributed by atoms with Crippen molar-refractivity contribution in [3.8, 4) is 0 Å². The highest BCUT2D eigenvalue weighted by atomic mass is 32.2. The number of carboxylic acid groups (broad SMARTS) is 1. The summed E-state index contributed by atoms with van der Waals surface area (Å²) >= 11 is 0. The fraction of sp³-hybridized carbons (Fsp3) is 0.222. The lowest BCUT2D eigenvalue weighted by Gasteiger charge is -2.27. The number of para-hydroxylation sites is 1. The highest BCUT2D eigenvalue weighted by Gasteiger charge is 2.23. The van der Waals surface area contributed by atoms with E-state index in [2.05, 4.69) is 4.72 Å². The van der Waals surface area contributed by atoms with E-state index >= 15 is 0 Å². The lowest BCUT2D eigenvalue weighted by Crippen LogP contribution is -2.41. The minimum atomic E-state index is -4.06. The number of carbonyl (C=O) groups excluding carboxylic acids is 1. The van der Waals surface area contributed by atoms with Gasteiger partial charge in [-0.05, 0) is 30.3 Å². The number of anilines is 1. The molecule has 142 valence electrons. The first kappa shape index (κ1) is 18.9. The highest BCUT2D eigenvalue weighted by molar-refractivity contribution is 7.92. The summed E-state index contributed by atoms with van der Waals surface area (Å²) in [6.07, 6.45) is 0. The summed E-state index contributed by atoms with van der Waals surface area (Å²) in [5, 5.41) is 9.05. The molecule has 3 rings (SSSR count). The molecule has 8 nitrogen and oxygen atoms in total. The molecule has 2 aromatic carbocycles. The first-order chi connectivity index (χ1) is 12.9. The van der Waals surface area contributed by atoms with Crippen LogP contribution in [0.25, 0.3) is 0 Å². The second-order valence-corrected chi connectivity index (χ2v) is 7.57. The number of hydrogen-bond acceptors (Lipinski definition) is 5. The van der Waals surface area contributed by atoms with Crippen molar-refractivity contribution in [3.63, 3.8) is 0 Å². The van der Waals surface area contributed by atoms with Crippen molar-refractivity contribution in [1.82, 2.24) is 4.90 Å². The number of rotatable bonds is 5. The summed E-state index contributed by atoms with van der Waals surface area (Å²) in [5.74, 6) is -1.52. The average molecular weight is 390 g/mol. The number of amides is 1. The Balaban J connectivity index is 1.90. The Kier molecular flexibility index (Phi) is 5.43. The predicted octanol–water partition coefficient (Wildman–Crippen LogP) is 1.66. The first-order valence-electron chi connectivity index (χ1n) is 8.21. The third-order valence-corrected chi connectivity index (χ3v) is 5.45. The molecule has 0 spiro atoms. The van der Waals surface area contributed by atoms with Crippen molar-refractivity contribution >= 4 is 27.6 Å². The van der Waals surface area contributed by atoms with E-state index < -0.39 is 16.0 Å². The zero-order valence-corrected chi connectivity index (χ0v) is 15.1. The number of aromatic carboxylic acids is 1. The Morgan fingerprint density at radius 2 is 1.74 bits per heavy atom. The molecular formula is C18H18N2O6S. The van der Waals surface area contributed by atoms with Crippen LogP contribution in [0, 0.1) is 0 Å². The van der Waals surface area contributed by atoms with Gasteiger partial charge in [0.05, 0.1) is 34.9 Å². The summed E-state index contributed by atoms with van der Waals surface area (Å²) < 4.78 is 33.0. The number of ether oxygens (including phenoxy) is 1. The number of carbonyl (C=O) groups is 2. The summed E-state index contributed by atoms with van der Waals surface area (Å²) in [6, 6.07) is 11.3. The Hall–Kier alpha value is -2.91. The normalized spacial score (nSPS) is 14.6. The molecule has 2 aromatic rings. The molecule has 0 saturated carbocycles. The van der Waals surface area contributed by atoms with E-state index in [0.29, 0.717) is 26.3 Å². The maximum atomic E-state index is 12.7. The van der Waals surface area contributed by atoms with Crippen LogP contribution >= 0.6 is 0 Å². The van der Waals surface area contributed by atoms with Crippen LogP contribution in [-0.2, 0) is 14.8 Å². The number of nitrogens with one attached hydrogen (secondary N) is 1. The first-order valence-corrected chi connectivity index (χ1v) is 9.69. The van der Waals surface area contributed by atoms with Crippen molar-refractivity contribution in [2.45, 2.75) is 4.90 Å². The summed E-state index contributed by atoms with van der Waals surface area (Å²) in [7, 11) is -4.06. The van der Waals surface area contributed by atoms with Gasteiger partial charge in [-0.15, -0.1) is 0 Å². The smallest absolute Gasteiger partial charge is 0.335 e. The molecule has 0 atom stereocenters. The molecule has 1 heterocycles. The lowest BCUT2D eigenvalue weighted by atomic mass is 10.1. The van der Waals surface area contributed by atoms with Crippen LogP contribution < -0.4 is 4.72 Å². The van der Waals surface area contributed by atoms with E-state index in [1.807, 2.05) is 0 Å². The van der Waals surface area contributed by atoms with Gasteiger partial charge in [0.1, 0.15) is 0 Å². The van der Waals surface area contributed by atoms with E-state index in [9.17, 15) is 18.0 Å². The maximum absolute atomic E-state index is 12.7. The van der Waals surface area contributed by atoms with Crippen molar-refractivity contribution in [2.24, 2.45) is 0 Å². The van der Waals surface area contributed by atoms with Gasteiger partial charge in [-0.2, -0.15) is 0 Å². The minimum absolute atomic E-state index is 0.134. The van der Waals surface area contributed by atoms with E-state index in [0.717, 1.165) is 6.07 Å². The van der Waals surface area contributed by atoms with Gasteiger partial charge in [0.25, 0.3) is 15.9 Å². The third kappa shape index (κ3) is 4.26. The second-order valence-electron chi connectivity index (χ2n) is 5.89. The van der Waals surface area contributed by atoms with Crippen LogP contribution in [0.15, 0.2) is 53.4 Å². The Labute approximate surface area is 156 Å². The van der Waals surface area contributed by atoms with Crippen LogP contribution in [0.5, 0.6) is 0 Å². The number of nitrogens with zero attached hydrogens (tertiary/aromatic N) is 1.